The van der Waals surface area contributed by atoms with Gasteiger partial charge in [0.1, 0.15) is 23.7 Å². The molecule has 0 atom stereocenters. The summed E-state index contributed by atoms with van der Waals surface area (Å²) in [4.78, 5) is 11.1. The number of carboxylic acid groups (broad SMARTS) is 1. The first-order valence-corrected chi connectivity index (χ1v) is 7.02. The average molecular weight is 407 g/mol. The molecule has 2 aromatic rings. The molecule has 0 aromatic heterocycles. The minimum Gasteiger partial charge on any atom is -0.488 e. The first-order chi connectivity index (χ1) is 9.47. The molecule has 0 aliphatic carbocycles. The Morgan fingerprint density at radius 3 is 2.70 bits per heavy atom. The summed E-state index contributed by atoms with van der Waals surface area (Å²) in [6.07, 6.45) is 0. The summed E-state index contributed by atoms with van der Waals surface area (Å²) in [6, 6.07) is 8.81. The quantitative estimate of drug-likeness (QED) is 0.768. The Kier molecular flexibility index (Phi) is 4.82. The molecule has 0 bridgehead atoms. The number of benzene rings is 2. The van der Waals surface area contributed by atoms with Crippen LogP contribution in [0.4, 0.5) is 4.39 Å². The average Bonchev–Trinajstić information content (AvgIpc) is 2.38. The SMILES string of the molecule is O=C(O)c1cc(I)ccc1OCc1ccc(F)cc1Cl. The second kappa shape index (κ2) is 6.41. The van der Waals surface area contributed by atoms with Crippen LogP contribution in [0, 0.1) is 9.39 Å². The predicted molar refractivity (Wildman–Crippen MR) is 81.9 cm³/mol. The van der Waals surface area contributed by atoms with Crippen LogP contribution in [0.25, 0.3) is 0 Å². The standard InChI is InChI=1S/C14H9ClFIO3/c15-12-5-9(16)2-1-8(12)7-20-13-4-3-10(17)6-11(13)14(18)19/h1-6H,7H2,(H,18,19). The third-order valence-corrected chi connectivity index (χ3v) is 3.59. The summed E-state index contributed by atoms with van der Waals surface area (Å²) >= 11 is 7.91. The fourth-order valence-corrected chi connectivity index (χ4v) is 2.30. The van der Waals surface area contributed by atoms with Crippen molar-refractivity contribution in [3.8, 4) is 5.75 Å². The number of rotatable bonds is 4. The van der Waals surface area contributed by atoms with Gasteiger partial charge in [-0.3, -0.25) is 0 Å². The van der Waals surface area contributed by atoms with E-state index in [4.69, 9.17) is 21.4 Å². The number of hydrogen-bond donors (Lipinski definition) is 1. The zero-order valence-corrected chi connectivity index (χ0v) is 13.0. The largest absolute Gasteiger partial charge is 0.488 e. The second-order valence-electron chi connectivity index (χ2n) is 3.97. The maximum atomic E-state index is 12.9. The van der Waals surface area contributed by atoms with E-state index < -0.39 is 11.8 Å². The molecule has 0 unspecified atom stereocenters. The molecule has 2 aromatic carbocycles. The predicted octanol–water partition coefficient (Wildman–Crippen LogP) is 4.36. The lowest BCUT2D eigenvalue weighted by Crippen LogP contribution is -2.04. The Morgan fingerprint density at radius 1 is 1.30 bits per heavy atom. The lowest BCUT2D eigenvalue weighted by molar-refractivity contribution is 0.0691. The topological polar surface area (TPSA) is 46.5 Å². The second-order valence-corrected chi connectivity index (χ2v) is 5.62. The Balaban J connectivity index is 2.20. The summed E-state index contributed by atoms with van der Waals surface area (Å²) in [5, 5.41) is 9.36. The summed E-state index contributed by atoms with van der Waals surface area (Å²) < 4.78 is 19.2. The van der Waals surface area contributed by atoms with E-state index in [1.54, 1.807) is 12.1 Å². The third kappa shape index (κ3) is 3.61. The highest BCUT2D eigenvalue weighted by Crippen LogP contribution is 2.24. The molecule has 0 amide bonds. The molecule has 0 spiro atoms. The molecule has 0 aliphatic heterocycles. The van der Waals surface area contributed by atoms with Gasteiger partial charge in [0.2, 0.25) is 0 Å². The monoisotopic (exact) mass is 406 g/mol. The summed E-state index contributed by atoms with van der Waals surface area (Å²) in [5.41, 5.74) is 0.665. The van der Waals surface area contributed by atoms with Gasteiger partial charge in [-0.2, -0.15) is 0 Å². The van der Waals surface area contributed by atoms with Crippen molar-refractivity contribution in [1.82, 2.24) is 0 Å². The van der Waals surface area contributed by atoms with Gasteiger partial charge in [-0.15, -0.1) is 0 Å². The molecule has 0 saturated heterocycles. The minimum atomic E-state index is -1.07. The fourth-order valence-electron chi connectivity index (χ4n) is 1.59. The molecular formula is C14H9ClFIO3. The molecule has 0 radical (unpaired) electrons. The molecule has 0 fully saturated rings. The van der Waals surface area contributed by atoms with Crippen molar-refractivity contribution in [1.29, 1.82) is 0 Å². The van der Waals surface area contributed by atoms with Gasteiger partial charge in [0.15, 0.2) is 0 Å². The van der Waals surface area contributed by atoms with Gasteiger partial charge in [-0.25, -0.2) is 9.18 Å². The molecule has 104 valence electrons. The third-order valence-electron chi connectivity index (χ3n) is 2.57. The van der Waals surface area contributed by atoms with E-state index in [2.05, 4.69) is 0 Å². The van der Waals surface area contributed by atoms with Gasteiger partial charge in [0.05, 0.1) is 5.02 Å². The van der Waals surface area contributed by atoms with Crippen molar-refractivity contribution in [3.63, 3.8) is 0 Å². The molecule has 3 nitrogen and oxygen atoms in total. The smallest absolute Gasteiger partial charge is 0.339 e. The van der Waals surface area contributed by atoms with Crippen LogP contribution in [0.3, 0.4) is 0 Å². The van der Waals surface area contributed by atoms with Crippen LogP contribution in [0.1, 0.15) is 15.9 Å². The summed E-state index contributed by atoms with van der Waals surface area (Å²) in [6.45, 7) is 0.0694. The maximum Gasteiger partial charge on any atom is 0.339 e. The number of ether oxygens (including phenoxy) is 1. The number of carboxylic acids is 1. The van der Waals surface area contributed by atoms with E-state index >= 15 is 0 Å². The highest BCUT2D eigenvalue weighted by atomic mass is 127. The van der Waals surface area contributed by atoms with Crippen molar-refractivity contribution in [3.05, 3.63) is 61.9 Å². The van der Waals surface area contributed by atoms with Crippen molar-refractivity contribution in [2.75, 3.05) is 0 Å². The first-order valence-electron chi connectivity index (χ1n) is 5.57. The van der Waals surface area contributed by atoms with Crippen molar-refractivity contribution < 1.29 is 19.0 Å². The number of halogens is 3. The van der Waals surface area contributed by atoms with E-state index in [1.165, 1.54) is 24.3 Å². The Bertz CT molecular complexity index is 661. The van der Waals surface area contributed by atoms with Gasteiger partial charge in [0, 0.05) is 9.13 Å². The van der Waals surface area contributed by atoms with E-state index in [9.17, 15) is 9.18 Å². The highest BCUT2D eigenvalue weighted by molar-refractivity contribution is 14.1. The maximum absolute atomic E-state index is 12.9. The molecule has 6 heteroatoms. The number of aromatic carboxylic acids is 1. The van der Waals surface area contributed by atoms with E-state index in [0.29, 0.717) is 5.56 Å². The van der Waals surface area contributed by atoms with Crippen LogP contribution in [0.5, 0.6) is 5.75 Å². The fraction of sp³-hybridized carbons (Fsp3) is 0.0714. The minimum absolute atomic E-state index is 0.0694. The van der Waals surface area contributed by atoms with Gasteiger partial charge >= 0.3 is 5.97 Å². The Morgan fingerprint density at radius 2 is 2.05 bits per heavy atom. The number of carbonyl (C=O) groups is 1. The van der Waals surface area contributed by atoms with Gasteiger partial charge < -0.3 is 9.84 Å². The highest BCUT2D eigenvalue weighted by Gasteiger charge is 2.12. The summed E-state index contributed by atoms with van der Waals surface area (Å²) in [5.74, 6) is -1.25. The number of hydrogen-bond acceptors (Lipinski definition) is 2. The van der Waals surface area contributed by atoms with Crippen LogP contribution >= 0.6 is 34.2 Å². The Hall–Kier alpha value is -1.34. The van der Waals surface area contributed by atoms with E-state index in [0.717, 1.165) is 3.57 Å². The molecule has 0 heterocycles. The van der Waals surface area contributed by atoms with Crippen LogP contribution in [-0.2, 0) is 6.61 Å². The molecule has 1 N–H and O–H groups in total. The van der Waals surface area contributed by atoms with E-state index in [-0.39, 0.29) is 22.9 Å². The lowest BCUT2D eigenvalue weighted by atomic mass is 10.2. The van der Waals surface area contributed by atoms with Crippen molar-refractivity contribution in [2.24, 2.45) is 0 Å². The molecule has 20 heavy (non-hydrogen) atoms. The van der Waals surface area contributed by atoms with Crippen molar-refractivity contribution >= 4 is 40.2 Å². The van der Waals surface area contributed by atoms with Gasteiger partial charge in [0.25, 0.3) is 0 Å². The lowest BCUT2D eigenvalue weighted by Gasteiger charge is -2.10. The van der Waals surface area contributed by atoms with E-state index in [1.807, 2.05) is 22.6 Å². The van der Waals surface area contributed by atoms with Gasteiger partial charge in [-0.05, 0) is 52.9 Å². The zero-order chi connectivity index (χ0) is 14.7. The van der Waals surface area contributed by atoms with Crippen LogP contribution < -0.4 is 4.74 Å². The van der Waals surface area contributed by atoms with Crippen LogP contribution in [-0.4, -0.2) is 11.1 Å². The molecule has 2 rings (SSSR count). The summed E-state index contributed by atoms with van der Waals surface area (Å²) in [7, 11) is 0. The van der Waals surface area contributed by atoms with Crippen LogP contribution in [0.2, 0.25) is 5.02 Å². The molecule has 0 aliphatic rings. The van der Waals surface area contributed by atoms with Crippen LogP contribution in [0.15, 0.2) is 36.4 Å². The molecular weight excluding hydrogens is 398 g/mol. The zero-order valence-electron chi connectivity index (χ0n) is 10.1. The van der Waals surface area contributed by atoms with Gasteiger partial charge in [-0.1, -0.05) is 17.7 Å². The molecule has 0 saturated carbocycles. The normalized spacial score (nSPS) is 10.3. The first kappa shape index (κ1) is 15.1. The van der Waals surface area contributed by atoms with Crippen molar-refractivity contribution in [2.45, 2.75) is 6.61 Å². The Labute approximate surface area is 133 Å².